The molecule has 1 unspecified atom stereocenters. The third-order valence-corrected chi connectivity index (χ3v) is 4.25. The summed E-state index contributed by atoms with van der Waals surface area (Å²) in [5, 5.41) is 2.89. The number of piperazine rings is 1. The average Bonchev–Trinajstić information content (AvgIpc) is 3.23. The Labute approximate surface area is 117 Å². The average molecular weight is 274 g/mol. The van der Waals surface area contributed by atoms with Crippen molar-refractivity contribution in [2.45, 2.75) is 24.8 Å². The Kier molecular flexibility index (Phi) is 2.48. The SMILES string of the molecule is Nc1cc(N2CCN3C(=O)NCC3C2)nc(C2CC2)n1. The summed E-state index contributed by atoms with van der Waals surface area (Å²) in [6, 6.07) is 2.12. The van der Waals surface area contributed by atoms with Gasteiger partial charge in [-0.05, 0) is 12.8 Å². The highest BCUT2D eigenvalue weighted by atomic mass is 16.2. The van der Waals surface area contributed by atoms with Gasteiger partial charge in [0.1, 0.15) is 17.5 Å². The van der Waals surface area contributed by atoms with Crippen molar-refractivity contribution in [3.63, 3.8) is 0 Å². The van der Waals surface area contributed by atoms with Crippen LogP contribution in [0.1, 0.15) is 24.6 Å². The van der Waals surface area contributed by atoms with E-state index in [2.05, 4.69) is 20.2 Å². The second-order valence-corrected chi connectivity index (χ2v) is 5.76. The van der Waals surface area contributed by atoms with E-state index < -0.39 is 0 Å². The molecular formula is C13H18N6O. The number of nitrogens with zero attached hydrogens (tertiary/aromatic N) is 4. The summed E-state index contributed by atoms with van der Waals surface area (Å²) in [4.78, 5) is 24.7. The predicted octanol–water partition coefficient (Wildman–Crippen LogP) is 0.150. The summed E-state index contributed by atoms with van der Waals surface area (Å²) in [6.07, 6.45) is 2.33. The standard InChI is InChI=1S/C13H18N6O/c14-10-5-11(17-12(16-10)8-1-2-8)18-3-4-19-9(7-18)6-15-13(19)20/h5,8-9H,1-4,6-7H2,(H,15,20)(H2,14,16,17). The Bertz CT molecular complexity index is 558. The zero-order valence-electron chi connectivity index (χ0n) is 11.2. The number of nitrogens with one attached hydrogen (secondary N) is 1. The summed E-state index contributed by atoms with van der Waals surface area (Å²) in [5.41, 5.74) is 5.91. The number of hydrogen-bond donors (Lipinski definition) is 2. The zero-order chi connectivity index (χ0) is 13.7. The first-order chi connectivity index (χ1) is 9.70. The largest absolute Gasteiger partial charge is 0.384 e. The molecule has 3 fully saturated rings. The molecule has 3 aliphatic rings. The van der Waals surface area contributed by atoms with E-state index in [-0.39, 0.29) is 12.1 Å². The summed E-state index contributed by atoms with van der Waals surface area (Å²) < 4.78 is 0. The number of anilines is 2. The molecule has 106 valence electrons. The van der Waals surface area contributed by atoms with Crippen molar-refractivity contribution < 1.29 is 4.79 Å². The number of fused-ring (bicyclic) bond motifs is 1. The number of aromatic nitrogens is 2. The molecule has 7 heteroatoms. The fourth-order valence-corrected chi connectivity index (χ4v) is 2.97. The minimum Gasteiger partial charge on any atom is -0.384 e. The van der Waals surface area contributed by atoms with E-state index in [0.717, 1.165) is 44.1 Å². The molecule has 2 aliphatic heterocycles. The smallest absolute Gasteiger partial charge is 0.317 e. The fraction of sp³-hybridized carbons (Fsp3) is 0.615. The summed E-state index contributed by atoms with van der Waals surface area (Å²) >= 11 is 0. The van der Waals surface area contributed by atoms with Crippen LogP contribution in [0.5, 0.6) is 0 Å². The molecule has 3 N–H and O–H groups in total. The lowest BCUT2D eigenvalue weighted by Crippen LogP contribution is -2.52. The second kappa shape index (κ2) is 4.22. The Hall–Kier alpha value is -2.05. The molecule has 1 aromatic rings. The maximum atomic E-state index is 11.6. The predicted molar refractivity (Wildman–Crippen MR) is 74.5 cm³/mol. The number of amides is 2. The number of nitrogens with two attached hydrogens (primary N) is 1. The van der Waals surface area contributed by atoms with Crippen LogP contribution in [0.25, 0.3) is 0 Å². The van der Waals surface area contributed by atoms with Gasteiger partial charge in [-0.2, -0.15) is 0 Å². The molecule has 4 rings (SSSR count). The van der Waals surface area contributed by atoms with Gasteiger partial charge in [0.2, 0.25) is 0 Å². The lowest BCUT2D eigenvalue weighted by molar-refractivity contribution is 0.197. The molecule has 1 saturated carbocycles. The van der Waals surface area contributed by atoms with Gasteiger partial charge in [0.15, 0.2) is 0 Å². The Morgan fingerprint density at radius 1 is 1.30 bits per heavy atom. The third kappa shape index (κ3) is 1.93. The lowest BCUT2D eigenvalue weighted by atomic mass is 10.2. The van der Waals surface area contributed by atoms with Crippen LogP contribution in [-0.4, -0.2) is 53.1 Å². The first-order valence-corrected chi connectivity index (χ1v) is 7.14. The van der Waals surface area contributed by atoms with Crippen LogP contribution in [0.3, 0.4) is 0 Å². The quantitative estimate of drug-likeness (QED) is 0.801. The highest BCUT2D eigenvalue weighted by molar-refractivity contribution is 5.77. The van der Waals surface area contributed by atoms with E-state index in [9.17, 15) is 4.79 Å². The number of rotatable bonds is 2. The van der Waals surface area contributed by atoms with Crippen LogP contribution in [0.4, 0.5) is 16.4 Å². The number of nitrogen functional groups attached to an aromatic ring is 1. The minimum absolute atomic E-state index is 0.0514. The maximum Gasteiger partial charge on any atom is 0.317 e. The molecule has 2 amide bonds. The summed E-state index contributed by atoms with van der Waals surface area (Å²) in [7, 11) is 0. The molecule has 0 spiro atoms. The Balaban J connectivity index is 1.57. The lowest BCUT2D eigenvalue weighted by Gasteiger charge is -2.37. The van der Waals surface area contributed by atoms with Crippen molar-refractivity contribution in [3.8, 4) is 0 Å². The first kappa shape index (κ1) is 11.7. The van der Waals surface area contributed by atoms with Gasteiger partial charge in [0.25, 0.3) is 0 Å². The number of urea groups is 1. The minimum atomic E-state index is 0.0514. The van der Waals surface area contributed by atoms with Gasteiger partial charge in [0.05, 0.1) is 6.04 Å². The van der Waals surface area contributed by atoms with E-state index in [0.29, 0.717) is 18.3 Å². The van der Waals surface area contributed by atoms with Crippen molar-refractivity contribution >= 4 is 17.7 Å². The van der Waals surface area contributed by atoms with Crippen LogP contribution < -0.4 is 16.0 Å². The van der Waals surface area contributed by atoms with E-state index in [1.54, 1.807) is 0 Å². The molecule has 20 heavy (non-hydrogen) atoms. The molecule has 1 aliphatic carbocycles. The topological polar surface area (TPSA) is 87.4 Å². The molecule has 3 heterocycles. The van der Waals surface area contributed by atoms with Gasteiger partial charge in [-0.15, -0.1) is 0 Å². The zero-order valence-corrected chi connectivity index (χ0v) is 11.2. The number of carbonyl (C=O) groups is 1. The third-order valence-electron chi connectivity index (χ3n) is 4.25. The second-order valence-electron chi connectivity index (χ2n) is 5.76. The molecule has 0 radical (unpaired) electrons. The van der Waals surface area contributed by atoms with Crippen molar-refractivity contribution in [3.05, 3.63) is 11.9 Å². The summed E-state index contributed by atoms with van der Waals surface area (Å²) in [6.45, 7) is 3.05. The number of hydrogen-bond acceptors (Lipinski definition) is 5. The maximum absolute atomic E-state index is 11.6. The van der Waals surface area contributed by atoms with Crippen LogP contribution in [0.2, 0.25) is 0 Å². The van der Waals surface area contributed by atoms with Crippen molar-refractivity contribution in [1.82, 2.24) is 20.2 Å². The summed E-state index contributed by atoms with van der Waals surface area (Å²) in [5.74, 6) is 2.81. The van der Waals surface area contributed by atoms with E-state index in [1.807, 2.05) is 11.0 Å². The van der Waals surface area contributed by atoms with Gasteiger partial charge in [-0.25, -0.2) is 14.8 Å². The monoisotopic (exact) mass is 274 g/mol. The van der Waals surface area contributed by atoms with Crippen LogP contribution in [0, 0.1) is 0 Å². The molecule has 0 aromatic carbocycles. The van der Waals surface area contributed by atoms with Crippen molar-refractivity contribution in [2.75, 3.05) is 36.8 Å². The van der Waals surface area contributed by atoms with E-state index >= 15 is 0 Å². The molecule has 7 nitrogen and oxygen atoms in total. The molecular weight excluding hydrogens is 256 g/mol. The van der Waals surface area contributed by atoms with E-state index in [1.165, 1.54) is 0 Å². The van der Waals surface area contributed by atoms with Gasteiger partial charge in [-0.3, -0.25) is 0 Å². The highest BCUT2D eigenvalue weighted by Crippen LogP contribution is 2.39. The van der Waals surface area contributed by atoms with Crippen molar-refractivity contribution in [1.29, 1.82) is 0 Å². The number of carbonyl (C=O) groups excluding carboxylic acids is 1. The molecule has 1 aromatic heterocycles. The highest BCUT2D eigenvalue weighted by Gasteiger charge is 2.36. The molecule has 1 atom stereocenters. The van der Waals surface area contributed by atoms with Crippen LogP contribution in [-0.2, 0) is 0 Å². The fourth-order valence-electron chi connectivity index (χ4n) is 2.97. The normalized spacial score (nSPS) is 25.6. The Morgan fingerprint density at radius 2 is 2.15 bits per heavy atom. The Morgan fingerprint density at radius 3 is 2.95 bits per heavy atom. The van der Waals surface area contributed by atoms with Crippen molar-refractivity contribution in [2.24, 2.45) is 0 Å². The van der Waals surface area contributed by atoms with Crippen LogP contribution >= 0.6 is 0 Å². The van der Waals surface area contributed by atoms with Crippen LogP contribution in [0.15, 0.2) is 6.07 Å². The van der Waals surface area contributed by atoms with Gasteiger partial charge in [-0.1, -0.05) is 0 Å². The molecule has 2 saturated heterocycles. The van der Waals surface area contributed by atoms with Gasteiger partial charge >= 0.3 is 6.03 Å². The van der Waals surface area contributed by atoms with Gasteiger partial charge in [0, 0.05) is 38.2 Å². The first-order valence-electron chi connectivity index (χ1n) is 7.14. The molecule has 0 bridgehead atoms. The van der Waals surface area contributed by atoms with Gasteiger partial charge < -0.3 is 20.9 Å². The van der Waals surface area contributed by atoms with E-state index in [4.69, 9.17) is 5.73 Å².